The number of likely N-dealkylation sites (tertiary alicyclic amines) is 1. The molecule has 3 aromatic carbocycles. The number of amides is 2. The summed E-state index contributed by atoms with van der Waals surface area (Å²) in [6.07, 6.45) is 5.50. The highest BCUT2D eigenvalue weighted by Gasteiger charge is 2.30. The Hall–Kier alpha value is -5.17. The molecular formula is C41H44F3N5O5. The lowest BCUT2D eigenvalue weighted by molar-refractivity contribution is -0.133. The monoisotopic (exact) mass is 743 g/mol. The summed E-state index contributed by atoms with van der Waals surface area (Å²) in [5.74, 6) is -1.38. The van der Waals surface area contributed by atoms with Gasteiger partial charge in [0.15, 0.2) is 0 Å². The third-order valence-corrected chi connectivity index (χ3v) is 11.2. The molecule has 1 unspecified atom stereocenters. The molecule has 0 aliphatic carbocycles. The zero-order valence-corrected chi connectivity index (χ0v) is 30.4. The number of methoxy groups -OCH3 is 1. The van der Waals surface area contributed by atoms with Crippen LogP contribution in [0.15, 0.2) is 59.5 Å². The first-order valence-corrected chi connectivity index (χ1v) is 18.5. The summed E-state index contributed by atoms with van der Waals surface area (Å²) in [5, 5.41) is 6.05. The number of nitrogens with zero attached hydrogens (tertiary/aromatic N) is 3. The molecule has 0 spiro atoms. The van der Waals surface area contributed by atoms with Crippen molar-refractivity contribution >= 4 is 39.7 Å². The van der Waals surface area contributed by atoms with E-state index in [9.17, 15) is 23.6 Å². The van der Waals surface area contributed by atoms with Gasteiger partial charge in [-0.2, -0.15) is 0 Å². The summed E-state index contributed by atoms with van der Waals surface area (Å²) in [6.45, 7) is 2.90. The first-order chi connectivity index (χ1) is 26.0. The van der Waals surface area contributed by atoms with Gasteiger partial charge in [-0.15, -0.1) is 0 Å². The van der Waals surface area contributed by atoms with Crippen LogP contribution in [0.4, 0.5) is 24.5 Å². The highest BCUT2D eigenvalue weighted by Crippen LogP contribution is 2.36. The standard InChI is InChI=1S/C41H44F3N5O5/c1-47-22-32(30-20-27(42)3-5-29(30)41(47)53)26-18-33(43)31(38(19-26)54-2)17-24-9-13-48(14-10-24)23-37(50)25-11-15-49(16-12-25)36-7-4-28(21-34(36)44)45-35-6-8-39(51)46-40(35)52/h3-5,7,18-22,24-25,35,45H,6,8-17,23H2,1-2H3,(H,46,51,52). The van der Waals surface area contributed by atoms with E-state index in [0.29, 0.717) is 89.9 Å². The Morgan fingerprint density at radius 2 is 1.65 bits per heavy atom. The van der Waals surface area contributed by atoms with E-state index in [4.69, 9.17) is 4.74 Å². The van der Waals surface area contributed by atoms with Gasteiger partial charge < -0.3 is 19.5 Å². The lowest BCUT2D eigenvalue weighted by Gasteiger charge is -2.35. The summed E-state index contributed by atoms with van der Waals surface area (Å²) in [6, 6.07) is 11.3. The number of imide groups is 1. The quantitative estimate of drug-likeness (QED) is 0.203. The maximum Gasteiger partial charge on any atom is 0.258 e. The van der Waals surface area contributed by atoms with E-state index in [1.54, 1.807) is 31.4 Å². The Bertz CT molecular complexity index is 2160. The van der Waals surface area contributed by atoms with E-state index < -0.39 is 29.4 Å². The van der Waals surface area contributed by atoms with Crippen LogP contribution in [0.5, 0.6) is 5.75 Å². The number of ether oxygens (including phenoxy) is 1. The summed E-state index contributed by atoms with van der Waals surface area (Å²) in [7, 11) is 3.10. The van der Waals surface area contributed by atoms with Gasteiger partial charge in [-0.1, -0.05) is 0 Å². The molecule has 2 amide bonds. The van der Waals surface area contributed by atoms with Gasteiger partial charge in [0.2, 0.25) is 11.8 Å². The molecule has 7 rings (SSSR count). The summed E-state index contributed by atoms with van der Waals surface area (Å²) in [4.78, 5) is 53.6. The number of benzene rings is 3. The molecule has 3 aliphatic rings. The van der Waals surface area contributed by atoms with Crippen molar-refractivity contribution < 1.29 is 32.3 Å². The molecule has 3 aliphatic heterocycles. The van der Waals surface area contributed by atoms with Crippen LogP contribution in [-0.4, -0.2) is 72.9 Å². The lowest BCUT2D eigenvalue weighted by atomic mass is 9.87. The molecule has 4 aromatic rings. The molecule has 1 aromatic heterocycles. The largest absolute Gasteiger partial charge is 0.496 e. The Morgan fingerprint density at radius 1 is 0.889 bits per heavy atom. The molecule has 4 heterocycles. The maximum atomic E-state index is 15.8. The molecular weight excluding hydrogens is 699 g/mol. The van der Waals surface area contributed by atoms with Crippen LogP contribution in [0, 0.1) is 29.3 Å². The fourth-order valence-electron chi connectivity index (χ4n) is 8.13. The number of piperidine rings is 3. The normalized spacial score (nSPS) is 18.9. The number of anilines is 2. The number of rotatable bonds is 10. The van der Waals surface area contributed by atoms with Gasteiger partial charge in [0.1, 0.15) is 35.0 Å². The molecule has 0 saturated carbocycles. The van der Waals surface area contributed by atoms with Crippen molar-refractivity contribution in [3.05, 3.63) is 88.1 Å². The lowest BCUT2D eigenvalue weighted by Crippen LogP contribution is -2.47. The number of fused-ring (bicyclic) bond motifs is 1. The smallest absolute Gasteiger partial charge is 0.258 e. The molecule has 10 nitrogen and oxygen atoms in total. The topological polar surface area (TPSA) is 113 Å². The average molecular weight is 744 g/mol. The third kappa shape index (κ3) is 7.87. The van der Waals surface area contributed by atoms with Crippen LogP contribution < -0.4 is 25.8 Å². The fourth-order valence-corrected chi connectivity index (χ4v) is 8.13. The molecule has 0 radical (unpaired) electrons. The van der Waals surface area contributed by atoms with Crippen molar-refractivity contribution in [2.45, 2.75) is 51.0 Å². The van der Waals surface area contributed by atoms with Gasteiger partial charge in [0.05, 0.1) is 19.3 Å². The van der Waals surface area contributed by atoms with Crippen molar-refractivity contribution in [1.29, 1.82) is 0 Å². The van der Waals surface area contributed by atoms with E-state index in [0.717, 1.165) is 25.9 Å². The molecule has 13 heteroatoms. The number of hydrogen-bond acceptors (Lipinski definition) is 8. The van der Waals surface area contributed by atoms with Crippen molar-refractivity contribution in [2.24, 2.45) is 18.9 Å². The molecule has 54 heavy (non-hydrogen) atoms. The van der Waals surface area contributed by atoms with Gasteiger partial charge in [-0.25, -0.2) is 13.2 Å². The number of aromatic nitrogens is 1. The van der Waals surface area contributed by atoms with Crippen molar-refractivity contribution in [1.82, 2.24) is 14.8 Å². The number of nitrogens with one attached hydrogen (secondary N) is 2. The van der Waals surface area contributed by atoms with Gasteiger partial charge >= 0.3 is 0 Å². The first-order valence-electron chi connectivity index (χ1n) is 18.5. The van der Waals surface area contributed by atoms with Crippen LogP contribution in [0.2, 0.25) is 0 Å². The van der Waals surface area contributed by atoms with E-state index in [1.165, 1.54) is 42.0 Å². The second kappa shape index (κ2) is 15.7. The Morgan fingerprint density at radius 3 is 2.35 bits per heavy atom. The minimum absolute atomic E-state index is 0.104. The molecule has 3 fully saturated rings. The number of Topliss-reactive ketones (excluding diaryl/α,β-unsaturated/α-hetero) is 1. The third-order valence-electron chi connectivity index (χ3n) is 11.2. The number of carbonyl (C=O) groups excluding carboxylic acids is 3. The van der Waals surface area contributed by atoms with E-state index in [2.05, 4.69) is 15.5 Å². The maximum absolute atomic E-state index is 15.8. The van der Waals surface area contributed by atoms with Crippen LogP contribution in [0.1, 0.15) is 44.1 Å². The van der Waals surface area contributed by atoms with Gasteiger partial charge in [-0.05, 0) is 117 Å². The van der Waals surface area contributed by atoms with Crippen molar-refractivity contribution in [3.8, 4) is 16.9 Å². The predicted molar refractivity (Wildman–Crippen MR) is 200 cm³/mol. The fraction of sp³-hybridized carbons (Fsp3) is 0.415. The molecule has 1 atom stereocenters. The molecule has 284 valence electrons. The summed E-state index contributed by atoms with van der Waals surface area (Å²) >= 11 is 0. The van der Waals surface area contributed by atoms with Gasteiger partial charge in [-0.3, -0.25) is 29.4 Å². The number of carbonyl (C=O) groups is 3. The number of aryl methyl sites for hydroxylation is 1. The first kappa shape index (κ1) is 37.2. The van der Waals surface area contributed by atoms with Gasteiger partial charge in [0, 0.05) is 60.9 Å². The van der Waals surface area contributed by atoms with E-state index in [-0.39, 0.29) is 35.5 Å². The van der Waals surface area contributed by atoms with E-state index >= 15 is 8.78 Å². The number of hydrogen-bond donors (Lipinski definition) is 2. The minimum atomic E-state index is -0.596. The Kier molecular flexibility index (Phi) is 10.8. The average Bonchev–Trinajstić information content (AvgIpc) is 3.15. The number of halogens is 3. The predicted octanol–water partition coefficient (Wildman–Crippen LogP) is 5.59. The van der Waals surface area contributed by atoms with Crippen LogP contribution >= 0.6 is 0 Å². The van der Waals surface area contributed by atoms with E-state index in [1.807, 2.05) is 4.90 Å². The number of ketones is 1. The highest BCUT2D eigenvalue weighted by molar-refractivity contribution is 6.01. The second-order valence-electron chi connectivity index (χ2n) is 14.8. The van der Waals surface area contributed by atoms with Gasteiger partial charge in [0.25, 0.3) is 5.56 Å². The number of pyridine rings is 1. The molecule has 0 bridgehead atoms. The summed E-state index contributed by atoms with van der Waals surface area (Å²) in [5.41, 5.74) is 2.14. The second-order valence-corrected chi connectivity index (χ2v) is 14.8. The zero-order chi connectivity index (χ0) is 38.1. The Balaban J connectivity index is 0.910. The van der Waals surface area contributed by atoms with Crippen LogP contribution in [0.25, 0.3) is 21.9 Å². The Labute approximate surface area is 311 Å². The van der Waals surface area contributed by atoms with Crippen LogP contribution in [0.3, 0.4) is 0 Å². The highest BCUT2D eigenvalue weighted by atomic mass is 19.1. The van der Waals surface area contributed by atoms with Crippen molar-refractivity contribution in [3.63, 3.8) is 0 Å². The van der Waals surface area contributed by atoms with Crippen LogP contribution in [-0.2, 0) is 27.9 Å². The summed E-state index contributed by atoms with van der Waals surface area (Å²) < 4.78 is 52.2. The molecule has 2 N–H and O–H groups in total. The molecule has 3 saturated heterocycles. The minimum Gasteiger partial charge on any atom is -0.496 e. The zero-order valence-electron chi connectivity index (χ0n) is 30.4. The van der Waals surface area contributed by atoms with Crippen molar-refractivity contribution in [2.75, 3.05) is 50.1 Å². The SMILES string of the molecule is COc1cc(-c2cn(C)c(=O)c3ccc(F)cc23)cc(F)c1CC1CCN(CC(=O)C2CCN(c3ccc(NC4CCC(=O)NC4=O)cc3F)CC2)CC1.